The van der Waals surface area contributed by atoms with Crippen LogP contribution in [0.3, 0.4) is 0 Å². The summed E-state index contributed by atoms with van der Waals surface area (Å²) in [5.74, 6) is -2.16. The maximum atomic E-state index is 14.0. The Labute approximate surface area is 248 Å². The molecule has 2 unspecified atom stereocenters. The number of rotatable bonds is 12. The van der Waals surface area contributed by atoms with Gasteiger partial charge >= 0.3 is 5.97 Å². The number of aliphatic carboxylic acids is 1. The number of halogens is 2. The number of benzene rings is 3. The lowest BCUT2D eigenvalue weighted by atomic mass is 9.74. The first-order valence-corrected chi connectivity index (χ1v) is 15.0. The molecular weight excluding hydrogens is 534 g/mol. The van der Waals surface area contributed by atoms with Crippen LogP contribution in [-0.4, -0.2) is 34.9 Å². The van der Waals surface area contributed by atoms with Crippen molar-refractivity contribution >= 4 is 11.7 Å². The number of carbonyl (C=O) groups is 1. The lowest BCUT2D eigenvalue weighted by Gasteiger charge is -2.41. The molecule has 4 N–H and O–H groups in total. The fourth-order valence-corrected chi connectivity index (χ4v) is 5.95. The summed E-state index contributed by atoms with van der Waals surface area (Å²) in [4.78, 5) is 10.9. The first kappa shape index (κ1) is 31.6. The summed E-state index contributed by atoms with van der Waals surface area (Å²) in [7, 11) is 0. The Kier molecular flexibility index (Phi) is 10.4. The van der Waals surface area contributed by atoms with Crippen molar-refractivity contribution in [3.05, 3.63) is 101 Å². The molecule has 3 aromatic carbocycles. The average molecular weight is 579 g/mol. The summed E-state index contributed by atoms with van der Waals surface area (Å²) in [6.07, 6.45) is 5.14. The monoisotopic (exact) mass is 578 g/mol. The van der Waals surface area contributed by atoms with Crippen LogP contribution in [0.25, 0.3) is 0 Å². The van der Waals surface area contributed by atoms with E-state index in [-0.39, 0.29) is 23.8 Å². The highest BCUT2D eigenvalue weighted by Gasteiger charge is 2.35. The highest BCUT2D eigenvalue weighted by atomic mass is 19.1. The quantitative estimate of drug-likeness (QED) is 0.184. The fraction of sp³-hybridized carbons (Fsp3) is 0.457. The normalized spacial score (nSPS) is 16.5. The lowest BCUT2D eigenvalue weighted by Crippen LogP contribution is -2.50. The molecule has 5 nitrogen and oxygen atoms in total. The number of nitrogens with one attached hydrogen (secondary N) is 2. The van der Waals surface area contributed by atoms with Gasteiger partial charge in [-0.15, -0.1) is 0 Å². The van der Waals surface area contributed by atoms with Crippen LogP contribution in [0.2, 0.25) is 0 Å². The molecule has 226 valence electrons. The standard InChI is InChI=1S/C35H44F2N2O3/c1-34(2,3)26-8-7-9-27(21-26)35(16-5-4-6-17-35)38-23-32(40)31(20-25-18-28(36)22-29(37)19-25)39-30-13-10-24(11-14-30)12-15-33(41)42/h7-11,13-14,18-19,21-22,31-32,38-40H,4-6,12,15-17,20,23H2,1-3H3,(H,41,42). The second-order valence-electron chi connectivity index (χ2n) is 12.7. The van der Waals surface area contributed by atoms with Crippen molar-refractivity contribution in [1.29, 1.82) is 0 Å². The van der Waals surface area contributed by atoms with Crippen molar-refractivity contribution in [2.45, 2.75) is 95.2 Å². The van der Waals surface area contributed by atoms with Gasteiger partial charge in [-0.25, -0.2) is 8.78 Å². The van der Waals surface area contributed by atoms with Crippen LogP contribution in [-0.2, 0) is 28.6 Å². The molecule has 0 spiro atoms. The third-order valence-electron chi connectivity index (χ3n) is 8.41. The van der Waals surface area contributed by atoms with Crippen LogP contribution in [0, 0.1) is 11.6 Å². The molecule has 0 amide bonds. The number of hydrogen-bond acceptors (Lipinski definition) is 4. The smallest absolute Gasteiger partial charge is 0.303 e. The number of aliphatic hydroxyl groups excluding tert-OH is 1. The van der Waals surface area contributed by atoms with Gasteiger partial charge in [-0.05, 0) is 77.6 Å². The van der Waals surface area contributed by atoms with Crippen molar-refractivity contribution in [2.75, 3.05) is 11.9 Å². The van der Waals surface area contributed by atoms with Crippen molar-refractivity contribution < 1.29 is 23.8 Å². The average Bonchev–Trinajstić information content (AvgIpc) is 2.95. The number of carboxylic acids is 1. The molecule has 4 rings (SSSR count). The molecule has 0 aliphatic heterocycles. The van der Waals surface area contributed by atoms with Gasteiger partial charge in [-0.3, -0.25) is 4.79 Å². The van der Waals surface area contributed by atoms with E-state index in [2.05, 4.69) is 55.7 Å². The highest BCUT2D eigenvalue weighted by Crippen LogP contribution is 2.38. The maximum Gasteiger partial charge on any atom is 0.303 e. The van der Waals surface area contributed by atoms with Gasteiger partial charge in [0, 0.05) is 30.3 Å². The zero-order valence-electron chi connectivity index (χ0n) is 24.9. The van der Waals surface area contributed by atoms with Gasteiger partial charge in [0.2, 0.25) is 0 Å². The van der Waals surface area contributed by atoms with Gasteiger partial charge in [0.1, 0.15) is 11.6 Å². The summed E-state index contributed by atoms with van der Waals surface area (Å²) in [6.45, 7) is 6.93. The molecule has 0 radical (unpaired) electrons. The van der Waals surface area contributed by atoms with Gasteiger partial charge in [-0.1, -0.05) is 76.4 Å². The molecule has 1 saturated carbocycles. The van der Waals surface area contributed by atoms with Gasteiger partial charge in [0.25, 0.3) is 0 Å². The van der Waals surface area contributed by atoms with E-state index in [1.165, 1.54) is 29.7 Å². The molecule has 0 aromatic heterocycles. The van der Waals surface area contributed by atoms with Crippen molar-refractivity contribution in [3.8, 4) is 0 Å². The summed E-state index contributed by atoms with van der Waals surface area (Å²) >= 11 is 0. The van der Waals surface area contributed by atoms with E-state index < -0.39 is 29.7 Å². The maximum absolute atomic E-state index is 14.0. The summed E-state index contributed by atoms with van der Waals surface area (Å²) in [6, 6.07) is 19.1. The number of aliphatic hydroxyl groups is 1. The van der Waals surface area contributed by atoms with Gasteiger partial charge in [-0.2, -0.15) is 0 Å². The Bertz CT molecular complexity index is 1310. The Morgan fingerprint density at radius 1 is 0.929 bits per heavy atom. The minimum atomic E-state index is -0.868. The molecule has 2 atom stereocenters. The predicted molar refractivity (Wildman–Crippen MR) is 164 cm³/mol. The Balaban J connectivity index is 1.55. The number of carboxylic acid groups (broad SMARTS) is 1. The van der Waals surface area contributed by atoms with E-state index in [0.29, 0.717) is 18.5 Å². The van der Waals surface area contributed by atoms with Crippen molar-refractivity contribution in [3.63, 3.8) is 0 Å². The van der Waals surface area contributed by atoms with Crippen LogP contribution in [0.1, 0.15) is 81.5 Å². The number of aryl methyl sites for hydroxylation is 1. The topological polar surface area (TPSA) is 81.6 Å². The lowest BCUT2D eigenvalue weighted by molar-refractivity contribution is -0.136. The zero-order chi connectivity index (χ0) is 30.3. The van der Waals surface area contributed by atoms with E-state index in [4.69, 9.17) is 5.11 Å². The molecule has 3 aromatic rings. The van der Waals surface area contributed by atoms with E-state index in [1.54, 1.807) is 0 Å². The zero-order valence-corrected chi connectivity index (χ0v) is 24.9. The summed E-state index contributed by atoms with van der Waals surface area (Å²) < 4.78 is 28.1. The molecule has 1 fully saturated rings. The minimum Gasteiger partial charge on any atom is -0.481 e. The van der Waals surface area contributed by atoms with Crippen LogP contribution in [0.15, 0.2) is 66.7 Å². The SMILES string of the molecule is CC(C)(C)c1cccc(C2(NCC(O)C(Cc3cc(F)cc(F)c3)Nc3ccc(CCC(=O)O)cc3)CCCCC2)c1. The Hall–Kier alpha value is -3.29. The van der Waals surface area contributed by atoms with Crippen molar-refractivity contribution in [2.24, 2.45) is 0 Å². The van der Waals surface area contributed by atoms with Crippen LogP contribution >= 0.6 is 0 Å². The van der Waals surface area contributed by atoms with E-state index in [1.807, 2.05) is 24.3 Å². The third kappa shape index (κ3) is 8.62. The summed E-state index contributed by atoms with van der Waals surface area (Å²) in [5.41, 5.74) is 4.34. The van der Waals surface area contributed by atoms with Crippen LogP contribution < -0.4 is 10.6 Å². The summed E-state index contributed by atoms with van der Waals surface area (Å²) in [5, 5.41) is 27.7. The van der Waals surface area contributed by atoms with Crippen molar-refractivity contribution in [1.82, 2.24) is 5.32 Å². The Morgan fingerprint density at radius 3 is 2.21 bits per heavy atom. The van der Waals surface area contributed by atoms with E-state index >= 15 is 0 Å². The van der Waals surface area contributed by atoms with Gasteiger partial charge in [0.15, 0.2) is 0 Å². The third-order valence-corrected chi connectivity index (χ3v) is 8.41. The van der Waals surface area contributed by atoms with Gasteiger partial charge < -0.3 is 20.8 Å². The predicted octanol–water partition coefficient (Wildman–Crippen LogP) is 7.11. The van der Waals surface area contributed by atoms with E-state index in [9.17, 15) is 18.7 Å². The fourth-order valence-electron chi connectivity index (χ4n) is 5.95. The molecule has 7 heteroatoms. The molecule has 0 heterocycles. The Morgan fingerprint density at radius 2 is 1.60 bits per heavy atom. The highest BCUT2D eigenvalue weighted by molar-refractivity contribution is 5.67. The molecule has 42 heavy (non-hydrogen) atoms. The second kappa shape index (κ2) is 13.8. The van der Waals surface area contributed by atoms with Gasteiger partial charge in [0.05, 0.1) is 12.1 Å². The number of hydrogen-bond donors (Lipinski definition) is 4. The molecule has 1 aliphatic rings. The molecule has 0 bridgehead atoms. The number of anilines is 1. The van der Waals surface area contributed by atoms with E-state index in [0.717, 1.165) is 43.0 Å². The second-order valence-corrected chi connectivity index (χ2v) is 12.7. The van der Waals surface area contributed by atoms with Crippen LogP contribution in [0.4, 0.5) is 14.5 Å². The first-order valence-electron chi connectivity index (χ1n) is 15.0. The molecule has 0 saturated heterocycles. The van der Waals surface area contributed by atoms with Crippen LogP contribution in [0.5, 0.6) is 0 Å². The molecular formula is C35H44F2N2O3. The first-order chi connectivity index (χ1) is 19.9. The molecule has 1 aliphatic carbocycles. The largest absolute Gasteiger partial charge is 0.481 e. The minimum absolute atomic E-state index is 0.0177.